The van der Waals surface area contributed by atoms with Gasteiger partial charge in [-0.25, -0.2) is 4.39 Å². The van der Waals surface area contributed by atoms with Crippen LogP contribution in [0.2, 0.25) is 0 Å². The highest BCUT2D eigenvalue weighted by molar-refractivity contribution is 5.32. The Labute approximate surface area is 111 Å². The van der Waals surface area contributed by atoms with Crippen molar-refractivity contribution in [1.82, 2.24) is 0 Å². The lowest BCUT2D eigenvalue weighted by atomic mass is 10.0. The van der Waals surface area contributed by atoms with Crippen molar-refractivity contribution in [3.63, 3.8) is 0 Å². The van der Waals surface area contributed by atoms with Gasteiger partial charge in [-0.3, -0.25) is 0 Å². The number of alkyl halides is 8. The summed E-state index contributed by atoms with van der Waals surface area (Å²) in [5, 5.41) is 0. The van der Waals surface area contributed by atoms with E-state index in [9.17, 15) is 39.5 Å². The molecule has 1 atom stereocenters. The van der Waals surface area contributed by atoms with Gasteiger partial charge < -0.3 is 10.5 Å². The molecule has 0 aliphatic heterocycles. The third-order valence-corrected chi connectivity index (χ3v) is 2.31. The first kappa shape index (κ1) is 17.4. The Morgan fingerprint density at radius 1 is 0.952 bits per heavy atom. The van der Waals surface area contributed by atoms with Crippen LogP contribution in [-0.2, 0) is 0 Å². The van der Waals surface area contributed by atoms with Gasteiger partial charge in [-0.15, -0.1) is 13.2 Å². The lowest BCUT2D eigenvalue weighted by Gasteiger charge is -2.26. The molecule has 0 fully saturated rings. The molecule has 1 aromatic carbocycles. The van der Waals surface area contributed by atoms with E-state index in [1.165, 1.54) is 0 Å². The number of ether oxygens (including phenoxy) is 1. The van der Waals surface area contributed by atoms with Gasteiger partial charge in [0, 0.05) is 0 Å². The standard InChI is InChI=1S/C10H6F9NO/c11-5-3-4(1-2-6(5)21-10(17,18)19)7(20)8(12,13)9(14,15)16/h1-3,7H,20H2/t7-/m0/s1. The number of hydrogen-bond donors (Lipinski definition) is 1. The quantitative estimate of drug-likeness (QED) is 0.854. The molecular formula is C10H6F9NO. The SMILES string of the molecule is N[C@@H](c1ccc(OC(F)(F)F)c(F)c1)C(F)(F)C(F)(F)F. The molecule has 0 saturated heterocycles. The van der Waals surface area contributed by atoms with Crippen LogP contribution in [0, 0.1) is 5.82 Å². The van der Waals surface area contributed by atoms with Crippen molar-refractivity contribution in [1.29, 1.82) is 0 Å². The summed E-state index contributed by atoms with van der Waals surface area (Å²) in [5.41, 5.74) is 3.67. The van der Waals surface area contributed by atoms with Gasteiger partial charge in [0.1, 0.15) is 6.04 Å². The van der Waals surface area contributed by atoms with Crippen molar-refractivity contribution in [3.8, 4) is 5.75 Å². The minimum atomic E-state index is -6.00. The number of halogens is 9. The maximum Gasteiger partial charge on any atom is 0.573 e. The molecule has 2 N–H and O–H groups in total. The molecule has 0 heterocycles. The largest absolute Gasteiger partial charge is 0.573 e. The van der Waals surface area contributed by atoms with E-state index in [1.807, 2.05) is 0 Å². The van der Waals surface area contributed by atoms with E-state index in [4.69, 9.17) is 5.73 Å². The minimum Gasteiger partial charge on any atom is -0.403 e. The summed E-state index contributed by atoms with van der Waals surface area (Å²) in [7, 11) is 0. The molecular weight excluding hydrogens is 321 g/mol. The summed E-state index contributed by atoms with van der Waals surface area (Å²) in [6.45, 7) is 0. The Morgan fingerprint density at radius 3 is 1.86 bits per heavy atom. The zero-order valence-corrected chi connectivity index (χ0v) is 9.70. The van der Waals surface area contributed by atoms with Crippen molar-refractivity contribution >= 4 is 0 Å². The Hall–Kier alpha value is -1.65. The molecule has 1 aromatic rings. The molecule has 0 aromatic heterocycles. The molecule has 11 heteroatoms. The maximum absolute atomic E-state index is 13.2. The summed E-state index contributed by atoms with van der Waals surface area (Å²) >= 11 is 0. The first-order valence-electron chi connectivity index (χ1n) is 5.01. The molecule has 2 nitrogen and oxygen atoms in total. The van der Waals surface area contributed by atoms with Crippen LogP contribution in [0.15, 0.2) is 18.2 Å². The van der Waals surface area contributed by atoms with E-state index >= 15 is 0 Å². The van der Waals surface area contributed by atoms with Crippen molar-refractivity contribution in [2.45, 2.75) is 24.5 Å². The molecule has 0 aliphatic carbocycles. The number of nitrogens with two attached hydrogens (primary N) is 1. The van der Waals surface area contributed by atoms with E-state index < -0.39 is 41.6 Å². The van der Waals surface area contributed by atoms with Crippen molar-refractivity contribution in [2.24, 2.45) is 5.73 Å². The third kappa shape index (κ3) is 3.93. The van der Waals surface area contributed by atoms with Crippen LogP contribution in [0.1, 0.15) is 11.6 Å². The highest BCUT2D eigenvalue weighted by Gasteiger charge is 2.61. The molecule has 1 rings (SSSR count). The van der Waals surface area contributed by atoms with Crippen LogP contribution in [0.5, 0.6) is 5.75 Å². The minimum absolute atomic E-state index is 0.0192. The normalized spacial score (nSPS) is 15.0. The third-order valence-electron chi connectivity index (χ3n) is 2.31. The van der Waals surface area contributed by atoms with Gasteiger partial charge in [0.05, 0.1) is 0 Å². The van der Waals surface area contributed by atoms with Gasteiger partial charge in [0.15, 0.2) is 11.6 Å². The Morgan fingerprint density at radius 2 is 1.48 bits per heavy atom. The van der Waals surface area contributed by atoms with Crippen LogP contribution < -0.4 is 10.5 Å². The number of rotatable bonds is 3. The van der Waals surface area contributed by atoms with E-state index in [2.05, 4.69) is 4.74 Å². The van der Waals surface area contributed by atoms with Gasteiger partial charge in [-0.05, 0) is 17.7 Å². The highest BCUT2D eigenvalue weighted by Crippen LogP contribution is 2.43. The fourth-order valence-electron chi connectivity index (χ4n) is 1.30. The van der Waals surface area contributed by atoms with Crippen LogP contribution in [-0.4, -0.2) is 18.5 Å². The van der Waals surface area contributed by atoms with E-state index in [0.717, 1.165) is 0 Å². The maximum atomic E-state index is 13.2. The van der Waals surface area contributed by atoms with Crippen molar-refractivity contribution in [3.05, 3.63) is 29.6 Å². The zero-order chi connectivity index (χ0) is 16.6. The first-order chi connectivity index (χ1) is 9.25. The van der Waals surface area contributed by atoms with Gasteiger partial charge in [-0.2, -0.15) is 22.0 Å². The molecule has 0 bridgehead atoms. The fraction of sp³-hybridized carbons (Fsp3) is 0.400. The fourth-order valence-corrected chi connectivity index (χ4v) is 1.30. The Balaban J connectivity index is 3.09. The molecule has 0 saturated carbocycles. The van der Waals surface area contributed by atoms with E-state index in [-0.39, 0.29) is 12.1 Å². The van der Waals surface area contributed by atoms with Crippen LogP contribution in [0.3, 0.4) is 0 Å². The molecule has 0 amide bonds. The lowest BCUT2D eigenvalue weighted by Crippen LogP contribution is -2.45. The predicted octanol–water partition coefficient (Wildman–Crippen LogP) is 3.92. The topological polar surface area (TPSA) is 35.2 Å². The first-order valence-corrected chi connectivity index (χ1v) is 5.01. The lowest BCUT2D eigenvalue weighted by molar-refractivity contribution is -0.291. The summed E-state index contributed by atoms with van der Waals surface area (Å²) in [4.78, 5) is 0. The van der Waals surface area contributed by atoms with Crippen LogP contribution in [0.25, 0.3) is 0 Å². The summed E-state index contributed by atoms with van der Waals surface area (Å²) in [5.74, 6) is -8.54. The summed E-state index contributed by atoms with van der Waals surface area (Å²) in [6.07, 6.45) is -11.2. The van der Waals surface area contributed by atoms with Gasteiger partial charge in [0.25, 0.3) is 0 Å². The molecule has 0 aliphatic rings. The second-order valence-electron chi connectivity index (χ2n) is 3.84. The molecule has 120 valence electrons. The number of hydrogen-bond acceptors (Lipinski definition) is 2. The highest BCUT2D eigenvalue weighted by atomic mass is 19.4. The van der Waals surface area contributed by atoms with Crippen LogP contribution in [0.4, 0.5) is 39.5 Å². The van der Waals surface area contributed by atoms with Gasteiger partial charge in [0.2, 0.25) is 0 Å². The molecule has 21 heavy (non-hydrogen) atoms. The zero-order valence-electron chi connectivity index (χ0n) is 9.70. The predicted molar refractivity (Wildman–Crippen MR) is 51.0 cm³/mol. The molecule has 0 unspecified atom stereocenters. The van der Waals surface area contributed by atoms with Crippen LogP contribution >= 0.6 is 0 Å². The number of benzene rings is 1. The van der Waals surface area contributed by atoms with Crippen molar-refractivity contribution < 1.29 is 44.3 Å². The molecule has 0 spiro atoms. The second kappa shape index (κ2) is 5.28. The molecule has 0 radical (unpaired) electrons. The van der Waals surface area contributed by atoms with E-state index in [1.54, 1.807) is 0 Å². The average molecular weight is 327 g/mol. The smallest absolute Gasteiger partial charge is 0.403 e. The Bertz CT molecular complexity index is 508. The van der Waals surface area contributed by atoms with Gasteiger partial charge >= 0.3 is 18.5 Å². The Kier molecular flexibility index (Phi) is 4.37. The summed E-state index contributed by atoms with van der Waals surface area (Å²) < 4.78 is 114. The second-order valence-corrected chi connectivity index (χ2v) is 3.84. The van der Waals surface area contributed by atoms with Gasteiger partial charge in [-0.1, -0.05) is 6.07 Å². The van der Waals surface area contributed by atoms with Crippen molar-refractivity contribution in [2.75, 3.05) is 0 Å². The van der Waals surface area contributed by atoms with E-state index in [0.29, 0.717) is 6.07 Å². The summed E-state index contributed by atoms with van der Waals surface area (Å²) in [6, 6.07) is -2.32. The average Bonchev–Trinajstić information content (AvgIpc) is 2.27. The monoisotopic (exact) mass is 327 g/mol.